The van der Waals surface area contributed by atoms with Crippen molar-refractivity contribution in [1.82, 2.24) is 0 Å². The summed E-state index contributed by atoms with van der Waals surface area (Å²) in [5.41, 5.74) is 0. The summed E-state index contributed by atoms with van der Waals surface area (Å²) in [7, 11) is -9.91. The molecule has 570 valence electrons. The number of aliphatic hydroxyl groups is 1. The number of hydrogen-bond acceptors (Lipinski definition) is 15. The second kappa shape index (κ2) is 67.5. The number of phosphoric acid groups is 2. The predicted molar refractivity (Wildman–Crippen MR) is 391 cm³/mol. The molecule has 0 aliphatic heterocycles. The first kappa shape index (κ1) is 94.1. The SMILES string of the molecule is CCCCCCCCCCCCCCCCCCCCCC(=O)O[C@H](COC(=O)CCCCCCCCCCCCCCCCC(C)C)COP(=O)(O)OC[C@@H](O)COP(=O)(O)OC[C@@H](COC(=O)CCCCCCCCCC(C)C)OC(=O)CCCCCCCCCC(C)C. The van der Waals surface area contributed by atoms with Crippen molar-refractivity contribution in [3.63, 3.8) is 0 Å². The Morgan fingerprint density at radius 3 is 0.708 bits per heavy atom. The van der Waals surface area contributed by atoms with Gasteiger partial charge >= 0.3 is 39.5 Å². The Labute approximate surface area is 588 Å². The van der Waals surface area contributed by atoms with Crippen molar-refractivity contribution >= 4 is 39.5 Å². The van der Waals surface area contributed by atoms with Crippen LogP contribution in [0.2, 0.25) is 0 Å². The number of rotatable bonds is 75. The predicted octanol–water partition coefficient (Wildman–Crippen LogP) is 22.6. The molecule has 0 aromatic heterocycles. The number of carbonyl (C=O) groups is 4. The number of hydrogen-bond donors (Lipinski definition) is 3. The van der Waals surface area contributed by atoms with Crippen molar-refractivity contribution in [2.75, 3.05) is 39.6 Å². The van der Waals surface area contributed by atoms with Gasteiger partial charge in [-0.05, 0) is 43.4 Å². The minimum atomic E-state index is -4.96. The largest absolute Gasteiger partial charge is 0.472 e. The van der Waals surface area contributed by atoms with Gasteiger partial charge in [-0.3, -0.25) is 37.3 Å². The van der Waals surface area contributed by atoms with Gasteiger partial charge in [0.05, 0.1) is 26.4 Å². The minimum absolute atomic E-state index is 0.103. The molecule has 0 saturated carbocycles. The number of carbonyl (C=O) groups excluding carboxylic acids is 4. The van der Waals surface area contributed by atoms with Crippen LogP contribution in [-0.2, 0) is 65.4 Å². The van der Waals surface area contributed by atoms with Gasteiger partial charge in [0, 0.05) is 25.7 Å². The first-order chi connectivity index (χ1) is 46.2. The Bertz CT molecular complexity index is 1870. The van der Waals surface area contributed by atoms with Gasteiger partial charge in [-0.1, -0.05) is 344 Å². The van der Waals surface area contributed by atoms with Crippen molar-refractivity contribution in [2.45, 2.75) is 414 Å². The fourth-order valence-electron chi connectivity index (χ4n) is 11.8. The average Bonchev–Trinajstić information content (AvgIpc) is 1.62. The van der Waals surface area contributed by atoms with Crippen LogP contribution in [0.15, 0.2) is 0 Å². The van der Waals surface area contributed by atoms with E-state index in [2.05, 4.69) is 48.5 Å². The number of aliphatic hydroxyl groups excluding tert-OH is 1. The van der Waals surface area contributed by atoms with Gasteiger partial charge in [-0.25, -0.2) is 9.13 Å². The van der Waals surface area contributed by atoms with Crippen LogP contribution in [0.25, 0.3) is 0 Å². The molecular formula is C77H150O17P2. The van der Waals surface area contributed by atoms with E-state index in [1.165, 1.54) is 199 Å². The number of ether oxygens (including phenoxy) is 4. The van der Waals surface area contributed by atoms with E-state index in [0.717, 1.165) is 102 Å². The molecule has 0 saturated heterocycles. The highest BCUT2D eigenvalue weighted by Gasteiger charge is 2.30. The van der Waals surface area contributed by atoms with E-state index >= 15 is 0 Å². The molecule has 0 spiro atoms. The summed E-state index contributed by atoms with van der Waals surface area (Å²) < 4.78 is 68.5. The third-order valence-corrected chi connectivity index (χ3v) is 19.8. The van der Waals surface area contributed by atoms with Crippen molar-refractivity contribution in [1.29, 1.82) is 0 Å². The van der Waals surface area contributed by atoms with E-state index < -0.39 is 97.5 Å². The van der Waals surface area contributed by atoms with Gasteiger partial charge in [-0.15, -0.1) is 0 Å². The minimum Gasteiger partial charge on any atom is -0.462 e. The van der Waals surface area contributed by atoms with Crippen LogP contribution >= 0.6 is 15.6 Å². The lowest BCUT2D eigenvalue weighted by Gasteiger charge is -2.21. The maximum absolute atomic E-state index is 13.1. The van der Waals surface area contributed by atoms with Crippen LogP contribution in [0.3, 0.4) is 0 Å². The lowest BCUT2D eigenvalue weighted by atomic mass is 10.0. The van der Waals surface area contributed by atoms with Crippen LogP contribution in [-0.4, -0.2) is 96.7 Å². The third kappa shape index (κ3) is 70.5. The standard InChI is InChI=1S/C77H150O17P2/c1-8-9-10-11-12-13-14-15-16-17-18-19-20-25-28-31-38-46-53-60-76(81)93-72(64-87-74(79)58-51-44-37-30-27-24-22-21-23-26-29-34-41-48-55-68(2)3)66-91-95(83,84)89-62-71(78)63-90-96(85,86)92-67-73(94-77(82)61-54-47-40-33-36-43-50-57-70(6)7)65-88-75(80)59-52-45-39-32-35-42-49-56-69(4)5/h68-73,78H,8-67H2,1-7H3,(H,83,84)(H,85,86)/t71-,72-,73-/m1/s1. The highest BCUT2D eigenvalue weighted by Crippen LogP contribution is 2.45. The van der Waals surface area contributed by atoms with E-state index in [0.29, 0.717) is 37.5 Å². The molecule has 0 heterocycles. The number of esters is 4. The normalized spacial score (nSPS) is 14.1. The second-order valence-corrected chi connectivity index (χ2v) is 32.1. The number of unbranched alkanes of at least 4 members (excludes halogenated alkanes) is 43. The van der Waals surface area contributed by atoms with Gasteiger partial charge in [-0.2, -0.15) is 0 Å². The van der Waals surface area contributed by atoms with E-state index in [9.17, 15) is 43.2 Å². The maximum atomic E-state index is 13.1. The summed E-state index contributed by atoms with van der Waals surface area (Å²) >= 11 is 0. The molecule has 0 amide bonds. The first-order valence-corrected chi connectivity index (χ1v) is 42.8. The third-order valence-electron chi connectivity index (χ3n) is 17.9. The summed E-state index contributed by atoms with van der Waals surface area (Å²) in [4.78, 5) is 72.8. The highest BCUT2D eigenvalue weighted by atomic mass is 31.2. The fraction of sp³-hybridized carbons (Fsp3) is 0.948. The van der Waals surface area contributed by atoms with Crippen molar-refractivity contribution in [3.8, 4) is 0 Å². The molecule has 0 aromatic rings. The molecule has 0 aliphatic carbocycles. The Balaban J connectivity index is 5.21. The molecule has 0 rings (SSSR count). The van der Waals surface area contributed by atoms with Crippen LogP contribution in [0.4, 0.5) is 0 Å². The molecule has 0 aliphatic rings. The molecule has 0 radical (unpaired) electrons. The molecule has 17 nitrogen and oxygen atoms in total. The van der Waals surface area contributed by atoms with Gasteiger partial charge in [0.15, 0.2) is 12.2 Å². The van der Waals surface area contributed by atoms with Crippen molar-refractivity contribution in [3.05, 3.63) is 0 Å². The van der Waals surface area contributed by atoms with Gasteiger partial charge < -0.3 is 33.8 Å². The fourth-order valence-corrected chi connectivity index (χ4v) is 13.4. The Morgan fingerprint density at radius 1 is 0.281 bits per heavy atom. The lowest BCUT2D eigenvalue weighted by Crippen LogP contribution is -2.30. The smallest absolute Gasteiger partial charge is 0.462 e. The van der Waals surface area contributed by atoms with Crippen LogP contribution < -0.4 is 0 Å². The summed E-state index contributed by atoms with van der Waals surface area (Å²) in [5, 5.41) is 10.6. The van der Waals surface area contributed by atoms with Crippen LogP contribution in [0, 0.1) is 17.8 Å². The summed E-state index contributed by atoms with van der Waals surface area (Å²) in [5.74, 6) is 0.0796. The lowest BCUT2D eigenvalue weighted by molar-refractivity contribution is -0.161. The summed E-state index contributed by atoms with van der Waals surface area (Å²) in [6.45, 7) is 11.8. The van der Waals surface area contributed by atoms with Crippen molar-refractivity contribution < 1.29 is 80.2 Å². The highest BCUT2D eigenvalue weighted by molar-refractivity contribution is 7.47. The first-order valence-electron chi connectivity index (χ1n) is 39.8. The summed E-state index contributed by atoms with van der Waals surface area (Å²) in [6, 6.07) is 0. The quantitative estimate of drug-likeness (QED) is 0.0222. The van der Waals surface area contributed by atoms with E-state index in [1.54, 1.807) is 0 Å². The maximum Gasteiger partial charge on any atom is 0.472 e. The molecule has 0 bridgehead atoms. The van der Waals surface area contributed by atoms with E-state index in [-0.39, 0.29) is 25.7 Å². The van der Waals surface area contributed by atoms with Crippen LogP contribution in [0.1, 0.15) is 395 Å². The van der Waals surface area contributed by atoms with E-state index in [1.807, 2.05) is 0 Å². The van der Waals surface area contributed by atoms with E-state index in [4.69, 9.17) is 37.0 Å². The molecule has 3 N–H and O–H groups in total. The molecule has 5 atom stereocenters. The Kier molecular flexibility index (Phi) is 66.2. The molecule has 19 heteroatoms. The van der Waals surface area contributed by atoms with Gasteiger partial charge in [0.25, 0.3) is 0 Å². The van der Waals surface area contributed by atoms with Crippen LogP contribution in [0.5, 0.6) is 0 Å². The Morgan fingerprint density at radius 2 is 0.479 bits per heavy atom. The molecule has 0 aromatic carbocycles. The molecule has 0 fully saturated rings. The Hall–Kier alpha value is -1.94. The zero-order valence-corrected chi connectivity index (χ0v) is 64.6. The van der Waals surface area contributed by atoms with Gasteiger partial charge in [0.1, 0.15) is 19.3 Å². The molecular weight excluding hydrogens is 1260 g/mol. The van der Waals surface area contributed by atoms with Gasteiger partial charge in [0.2, 0.25) is 0 Å². The zero-order chi connectivity index (χ0) is 70.9. The zero-order valence-electron chi connectivity index (χ0n) is 62.8. The molecule has 2 unspecified atom stereocenters. The van der Waals surface area contributed by atoms with Crippen molar-refractivity contribution in [2.24, 2.45) is 17.8 Å². The second-order valence-electron chi connectivity index (χ2n) is 29.2. The molecule has 96 heavy (non-hydrogen) atoms. The summed E-state index contributed by atoms with van der Waals surface area (Å²) in [6.07, 6.45) is 54.4. The topological polar surface area (TPSA) is 237 Å². The monoisotopic (exact) mass is 1410 g/mol. The number of phosphoric ester groups is 2. The average molecular weight is 1410 g/mol.